The molecule has 0 radical (unpaired) electrons. The van der Waals surface area contributed by atoms with E-state index in [0.717, 1.165) is 5.56 Å². The average Bonchev–Trinajstić information content (AvgIpc) is 2.75. The molecule has 0 aromatic carbocycles. The lowest BCUT2D eigenvalue weighted by atomic mass is 10.2. The molecule has 0 aliphatic carbocycles. The maximum Gasteiger partial charge on any atom is 0.170 e. The van der Waals surface area contributed by atoms with E-state index in [1.807, 2.05) is 0 Å². The Balaban J connectivity index is 2.35. The van der Waals surface area contributed by atoms with Crippen LogP contribution in [0.25, 0.3) is 11.3 Å². The summed E-state index contributed by atoms with van der Waals surface area (Å²) in [4.78, 5) is 0. The minimum absolute atomic E-state index is 0.110. The van der Waals surface area contributed by atoms with Crippen LogP contribution >= 0.6 is 0 Å². The number of aliphatic hydroxyl groups excluding tert-OH is 1. The van der Waals surface area contributed by atoms with Crippen LogP contribution < -0.4 is 0 Å². The van der Waals surface area contributed by atoms with Gasteiger partial charge in [-0.05, 0) is 6.07 Å². The molecule has 2 heterocycles. The maximum atomic E-state index is 8.70. The molecule has 0 saturated carbocycles. The third-order valence-corrected chi connectivity index (χ3v) is 1.53. The highest BCUT2D eigenvalue weighted by atomic mass is 16.5. The van der Waals surface area contributed by atoms with Gasteiger partial charge in [0.05, 0.1) is 18.4 Å². The molecule has 0 bridgehead atoms. The van der Waals surface area contributed by atoms with E-state index in [9.17, 15) is 0 Å². The van der Waals surface area contributed by atoms with Crippen molar-refractivity contribution in [3.8, 4) is 11.3 Å². The molecule has 4 nitrogen and oxygen atoms in total. The molecule has 12 heavy (non-hydrogen) atoms. The predicted octanol–water partition coefficient (Wildman–Crippen LogP) is 1.43. The van der Waals surface area contributed by atoms with Crippen LogP contribution in [0.5, 0.6) is 0 Å². The summed E-state index contributed by atoms with van der Waals surface area (Å²) < 4.78 is 9.79. The fraction of sp³-hybridized carbons (Fsp3) is 0.125. The molecule has 0 atom stereocenters. The minimum atomic E-state index is -0.110. The first-order valence-corrected chi connectivity index (χ1v) is 3.49. The van der Waals surface area contributed by atoms with Gasteiger partial charge in [0.25, 0.3) is 0 Å². The van der Waals surface area contributed by atoms with Crippen molar-refractivity contribution in [2.45, 2.75) is 6.61 Å². The highest BCUT2D eigenvalue weighted by Gasteiger charge is 2.05. The molecular formula is C8H7NO3. The Morgan fingerprint density at radius 1 is 1.50 bits per heavy atom. The number of nitrogens with zero attached hydrogens (tertiary/aromatic N) is 1. The van der Waals surface area contributed by atoms with Gasteiger partial charge in [-0.3, -0.25) is 0 Å². The summed E-state index contributed by atoms with van der Waals surface area (Å²) >= 11 is 0. The zero-order chi connectivity index (χ0) is 8.39. The number of aromatic nitrogens is 1. The Bertz CT molecular complexity index is 350. The second kappa shape index (κ2) is 2.83. The van der Waals surface area contributed by atoms with Gasteiger partial charge < -0.3 is 14.0 Å². The zero-order valence-corrected chi connectivity index (χ0v) is 6.23. The van der Waals surface area contributed by atoms with E-state index >= 15 is 0 Å². The van der Waals surface area contributed by atoms with Gasteiger partial charge in [-0.2, -0.15) is 0 Å². The topological polar surface area (TPSA) is 59.4 Å². The van der Waals surface area contributed by atoms with Gasteiger partial charge >= 0.3 is 0 Å². The summed E-state index contributed by atoms with van der Waals surface area (Å²) in [5, 5.41) is 12.3. The first-order valence-electron chi connectivity index (χ1n) is 3.49. The van der Waals surface area contributed by atoms with Crippen LogP contribution in [-0.4, -0.2) is 10.3 Å². The van der Waals surface area contributed by atoms with Gasteiger partial charge in [-0.15, -0.1) is 0 Å². The third-order valence-electron chi connectivity index (χ3n) is 1.53. The van der Waals surface area contributed by atoms with E-state index in [0.29, 0.717) is 11.5 Å². The zero-order valence-electron chi connectivity index (χ0n) is 6.23. The third kappa shape index (κ3) is 1.12. The Morgan fingerprint density at radius 2 is 2.42 bits per heavy atom. The lowest BCUT2D eigenvalue weighted by Gasteiger charge is -1.81. The maximum absolute atomic E-state index is 8.70. The van der Waals surface area contributed by atoms with Crippen molar-refractivity contribution in [1.82, 2.24) is 5.16 Å². The van der Waals surface area contributed by atoms with E-state index in [1.54, 1.807) is 24.7 Å². The van der Waals surface area contributed by atoms with E-state index in [2.05, 4.69) is 5.16 Å². The summed E-state index contributed by atoms with van der Waals surface area (Å²) in [6, 6.07) is 3.44. The first-order chi connectivity index (χ1) is 5.90. The molecule has 62 valence electrons. The molecule has 0 spiro atoms. The number of aliphatic hydroxyl groups is 1. The molecule has 2 rings (SSSR count). The number of hydrogen-bond donors (Lipinski definition) is 1. The first kappa shape index (κ1) is 7.12. The van der Waals surface area contributed by atoms with Gasteiger partial charge in [0, 0.05) is 6.07 Å². The fourth-order valence-corrected chi connectivity index (χ4v) is 0.927. The van der Waals surface area contributed by atoms with Crippen molar-refractivity contribution in [2.24, 2.45) is 0 Å². The summed E-state index contributed by atoms with van der Waals surface area (Å²) in [5.74, 6) is 0.604. The minimum Gasteiger partial charge on any atom is -0.472 e. The van der Waals surface area contributed by atoms with Crippen molar-refractivity contribution in [3.63, 3.8) is 0 Å². The molecule has 0 unspecified atom stereocenters. The van der Waals surface area contributed by atoms with Crippen LogP contribution in [0.15, 0.2) is 33.6 Å². The van der Waals surface area contributed by atoms with Crippen molar-refractivity contribution in [3.05, 3.63) is 30.4 Å². The lowest BCUT2D eigenvalue weighted by molar-refractivity contribution is 0.267. The second-order valence-electron chi connectivity index (χ2n) is 2.35. The van der Waals surface area contributed by atoms with Crippen molar-refractivity contribution in [2.75, 3.05) is 0 Å². The lowest BCUT2D eigenvalue weighted by Crippen LogP contribution is -1.78. The molecule has 0 saturated heterocycles. The Kier molecular flexibility index (Phi) is 1.68. The van der Waals surface area contributed by atoms with Crippen LogP contribution in [0.3, 0.4) is 0 Å². The van der Waals surface area contributed by atoms with Gasteiger partial charge in [-0.25, -0.2) is 0 Å². The monoisotopic (exact) mass is 165 g/mol. The predicted molar refractivity (Wildman–Crippen MR) is 40.1 cm³/mol. The average molecular weight is 165 g/mol. The second-order valence-corrected chi connectivity index (χ2v) is 2.35. The number of furan rings is 1. The summed E-state index contributed by atoms with van der Waals surface area (Å²) in [6.07, 6.45) is 3.11. The summed E-state index contributed by atoms with van der Waals surface area (Å²) in [7, 11) is 0. The van der Waals surface area contributed by atoms with E-state index in [1.165, 1.54) is 0 Å². The van der Waals surface area contributed by atoms with Crippen molar-refractivity contribution < 1.29 is 14.0 Å². The smallest absolute Gasteiger partial charge is 0.170 e. The normalized spacial score (nSPS) is 10.4. The van der Waals surface area contributed by atoms with E-state index < -0.39 is 0 Å². The molecule has 0 aliphatic heterocycles. The molecule has 0 aliphatic rings. The Hall–Kier alpha value is -1.55. The molecular weight excluding hydrogens is 158 g/mol. The molecule has 0 amide bonds. The van der Waals surface area contributed by atoms with Crippen LogP contribution in [-0.2, 0) is 6.61 Å². The molecule has 2 aromatic rings. The SMILES string of the molecule is OCc1cc(-c2ccoc2)on1. The van der Waals surface area contributed by atoms with Crippen LogP contribution in [0.1, 0.15) is 5.69 Å². The standard InChI is InChI=1S/C8H7NO3/c10-4-7-3-8(12-9-7)6-1-2-11-5-6/h1-3,5,10H,4H2. The van der Waals surface area contributed by atoms with Crippen molar-refractivity contribution >= 4 is 0 Å². The Morgan fingerprint density at radius 3 is 3.00 bits per heavy atom. The van der Waals surface area contributed by atoms with Gasteiger partial charge in [0.1, 0.15) is 12.0 Å². The molecule has 1 N–H and O–H groups in total. The van der Waals surface area contributed by atoms with Crippen LogP contribution in [0.2, 0.25) is 0 Å². The highest BCUT2D eigenvalue weighted by molar-refractivity contribution is 5.54. The fourth-order valence-electron chi connectivity index (χ4n) is 0.927. The molecule has 4 heteroatoms. The summed E-state index contributed by atoms with van der Waals surface area (Å²) in [5.41, 5.74) is 1.34. The highest BCUT2D eigenvalue weighted by Crippen LogP contribution is 2.20. The van der Waals surface area contributed by atoms with Crippen molar-refractivity contribution in [1.29, 1.82) is 0 Å². The summed E-state index contributed by atoms with van der Waals surface area (Å²) in [6.45, 7) is -0.110. The van der Waals surface area contributed by atoms with Crippen LogP contribution in [0, 0.1) is 0 Å². The van der Waals surface area contributed by atoms with E-state index in [-0.39, 0.29) is 6.61 Å². The van der Waals surface area contributed by atoms with Gasteiger partial charge in [-0.1, -0.05) is 5.16 Å². The molecule has 0 fully saturated rings. The van der Waals surface area contributed by atoms with Gasteiger partial charge in [0.2, 0.25) is 0 Å². The molecule has 2 aromatic heterocycles. The van der Waals surface area contributed by atoms with Gasteiger partial charge in [0.15, 0.2) is 5.76 Å². The van der Waals surface area contributed by atoms with E-state index in [4.69, 9.17) is 14.0 Å². The quantitative estimate of drug-likeness (QED) is 0.731. The number of rotatable bonds is 2. The van der Waals surface area contributed by atoms with Crippen LogP contribution in [0.4, 0.5) is 0 Å². The number of hydrogen-bond acceptors (Lipinski definition) is 4. The largest absolute Gasteiger partial charge is 0.472 e. The Labute approximate surface area is 68.4 Å².